The van der Waals surface area contributed by atoms with Crippen LogP contribution in [0, 0.1) is 3.57 Å². The van der Waals surface area contributed by atoms with Crippen LogP contribution in [-0.4, -0.2) is 17.3 Å². The number of anilines is 1. The fourth-order valence-corrected chi connectivity index (χ4v) is 3.79. The number of amides is 1. The van der Waals surface area contributed by atoms with Crippen LogP contribution in [-0.2, 0) is 4.79 Å². The Bertz CT molecular complexity index is 785. The Morgan fingerprint density at radius 1 is 1.13 bits per heavy atom. The maximum absolute atomic E-state index is 12.7. The van der Waals surface area contributed by atoms with Crippen LogP contribution in [0.15, 0.2) is 53.4 Å². The first kappa shape index (κ1) is 16.5. The van der Waals surface area contributed by atoms with Gasteiger partial charge in [-0.15, -0.1) is 0 Å². The Morgan fingerprint density at radius 3 is 2.39 bits per heavy atom. The van der Waals surface area contributed by atoms with Gasteiger partial charge in [0.25, 0.3) is 5.91 Å². The van der Waals surface area contributed by atoms with Crippen molar-refractivity contribution in [3.63, 3.8) is 0 Å². The van der Waals surface area contributed by atoms with Gasteiger partial charge in [-0.3, -0.25) is 9.69 Å². The van der Waals surface area contributed by atoms with Gasteiger partial charge in [-0.25, -0.2) is 0 Å². The van der Waals surface area contributed by atoms with Crippen molar-refractivity contribution in [3.05, 3.63) is 62.6 Å². The van der Waals surface area contributed by atoms with Crippen molar-refractivity contribution in [2.45, 2.75) is 0 Å². The van der Waals surface area contributed by atoms with E-state index in [9.17, 15) is 4.79 Å². The van der Waals surface area contributed by atoms with Gasteiger partial charge >= 0.3 is 0 Å². The summed E-state index contributed by atoms with van der Waals surface area (Å²) < 4.78 is 6.81. The number of halogens is 1. The van der Waals surface area contributed by atoms with Crippen LogP contribution in [0.25, 0.3) is 6.08 Å². The summed E-state index contributed by atoms with van der Waals surface area (Å²) in [5.74, 6) is 0.700. The van der Waals surface area contributed by atoms with Gasteiger partial charge in [-0.05, 0) is 70.6 Å². The maximum atomic E-state index is 12.7. The summed E-state index contributed by atoms with van der Waals surface area (Å²) in [7, 11) is 1.63. The largest absolute Gasteiger partial charge is 0.497 e. The third kappa shape index (κ3) is 3.59. The number of thioether (sulfide) groups is 1. The van der Waals surface area contributed by atoms with Gasteiger partial charge in [0.2, 0.25) is 0 Å². The molecule has 1 fully saturated rings. The Hall–Kier alpha value is -1.38. The van der Waals surface area contributed by atoms with Gasteiger partial charge in [0, 0.05) is 3.57 Å². The maximum Gasteiger partial charge on any atom is 0.270 e. The predicted octanol–water partition coefficient (Wildman–Crippen LogP) is 4.71. The summed E-state index contributed by atoms with van der Waals surface area (Å²) in [6, 6.07) is 15.3. The van der Waals surface area contributed by atoms with Crippen molar-refractivity contribution >= 4 is 68.6 Å². The average Bonchev–Trinajstić information content (AvgIpc) is 2.83. The molecule has 2 aromatic carbocycles. The Labute approximate surface area is 157 Å². The minimum atomic E-state index is -0.0861. The van der Waals surface area contributed by atoms with E-state index in [2.05, 4.69) is 22.6 Å². The molecule has 3 nitrogen and oxygen atoms in total. The van der Waals surface area contributed by atoms with Gasteiger partial charge in [-0.1, -0.05) is 36.1 Å². The average molecular weight is 453 g/mol. The molecule has 1 amide bonds. The first-order valence-electron chi connectivity index (χ1n) is 6.76. The lowest BCUT2D eigenvalue weighted by Gasteiger charge is -2.14. The highest BCUT2D eigenvalue weighted by Gasteiger charge is 2.33. The Morgan fingerprint density at radius 2 is 1.78 bits per heavy atom. The van der Waals surface area contributed by atoms with E-state index >= 15 is 0 Å². The molecule has 2 aromatic rings. The van der Waals surface area contributed by atoms with Gasteiger partial charge in [-0.2, -0.15) is 0 Å². The molecular weight excluding hydrogens is 441 g/mol. The van der Waals surface area contributed by atoms with E-state index in [1.165, 1.54) is 11.8 Å². The van der Waals surface area contributed by atoms with Crippen LogP contribution in [0.5, 0.6) is 5.75 Å². The summed E-state index contributed by atoms with van der Waals surface area (Å²) in [6.07, 6.45) is 1.85. The van der Waals surface area contributed by atoms with Gasteiger partial charge < -0.3 is 4.74 Å². The van der Waals surface area contributed by atoms with E-state index in [4.69, 9.17) is 17.0 Å². The van der Waals surface area contributed by atoms with Crippen molar-refractivity contribution in [2.75, 3.05) is 12.0 Å². The molecule has 6 heteroatoms. The molecule has 0 spiro atoms. The standard InChI is InChI=1S/C17H12INO2S2/c1-21-14-8-2-11(3-9-14)10-15-16(20)19(17(22)23-15)13-6-4-12(18)5-7-13/h2-10H,1H3/b15-10-. The van der Waals surface area contributed by atoms with Crippen molar-refractivity contribution in [2.24, 2.45) is 0 Å². The Kier molecular flexibility index (Phi) is 5.03. The van der Waals surface area contributed by atoms with Crippen LogP contribution in [0.2, 0.25) is 0 Å². The first-order valence-corrected chi connectivity index (χ1v) is 9.06. The normalized spacial score (nSPS) is 16.3. The van der Waals surface area contributed by atoms with Crippen LogP contribution in [0.4, 0.5) is 5.69 Å². The highest BCUT2D eigenvalue weighted by atomic mass is 127. The van der Waals surface area contributed by atoms with Gasteiger partial charge in [0.15, 0.2) is 4.32 Å². The summed E-state index contributed by atoms with van der Waals surface area (Å²) in [4.78, 5) is 14.9. The van der Waals surface area contributed by atoms with E-state index in [1.54, 1.807) is 12.0 Å². The molecule has 0 bridgehead atoms. The van der Waals surface area contributed by atoms with Gasteiger partial charge in [0.05, 0.1) is 17.7 Å². The van der Waals surface area contributed by atoms with E-state index in [0.717, 1.165) is 20.6 Å². The summed E-state index contributed by atoms with van der Waals surface area (Å²) in [5, 5.41) is 0. The minimum Gasteiger partial charge on any atom is -0.497 e. The van der Waals surface area contributed by atoms with Crippen LogP contribution in [0.1, 0.15) is 5.56 Å². The topological polar surface area (TPSA) is 29.5 Å². The number of thiocarbonyl (C=S) groups is 1. The third-order valence-electron chi connectivity index (χ3n) is 3.29. The lowest BCUT2D eigenvalue weighted by Crippen LogP contribution is -2.27. The zero-order chi connectivity index (χ0) is 16.4. The molecule has 0 atom stereocenters. The molecule has 1 heterocycles. The smallest absolute Gasteiger partial charge is 0.270 e. The number of ether oxygens (including phenoxy) is 1. The SMILES string of the molecule is COc1ccc(/C=C2\SC(=S)N(c3ccc(I)cc3)C2=O)cc1. The van der Waals surface area contributed by atoms with Crippen LogP contribution < -0.4 is 9.64 Å². The molecule has 0 unspecified atom stereocenters. The van der Waals surface area contributed by atoms with E-state index in [-0.39, 0.29) is 5.91 Å². The van der Waals surface area contributed by atoms with Crippen molar-refractivity contribution in [1.29, 1.82) is 0 Å². The predicted molar refractivity (Wildman–Crippen MR) is 108 cm³/mol. The number of hydrogen-bond donors (Lipinski definition) is 0. The van der Waals surface area contributed by atoms with E-state index in [1.807, 2.05) is 54.6 Å². The fraction of sp³-hybridized carbons (Fsp3) is 0.0588. The quantitative estimate of drug-likeness (QED) is 0.383. The molecule has 116 valence electrons. The monoisotopic (exact) mass is 453 g/mol. The molecule has 0 N–H and O–H groups in total. The number of carbonyl (C=O) groups is 1. The second kappa shape index (κ2) is 7.02. The van der Waals surface area contributed by atoms with E-state index in [0.29, 0.717) is 9.23 Å². The number of hydrogen-bond acceptors (Lipinski definition) is 4. The zero-order valence-corrected chi connectivity index (χ0v) is 15.9. The Balaban J connectivity index is 1.88. The first-order chi connectivity index (χ1) is 11.1. The number of nitrogens with zero attached hydrogens (tertiary/aromatic N) is 1. The minimum absolute atomic E-state index is 0.0861. The third-order valence-corrected chi connectivity index (χ3v) is 5.31. The summed E-state index contributed by atoms with van der Waals surface area (Å²) in [5.41, 5.74) is 1.74. The number of benzene rings is 2. The van der Waals surface area contributed by atoms with Crippen molar-refractivity contribution in [1.82, 2.24) is 0 Å². The fourth-order valence-electron chi connectivity index (χ4n) is 2.13. The molecule has 23 heavy (non-hydrogen) atoms. The summed E-state index contributed by atoms with van der Waals surface area (Å²) in [6.45, 7) is 0. The highest BCUT2D eigenvalue weighted by Crippen LogP contribution is 2.36. The lowest BCUT2D eigenvalue weighted by atomic mass is 10.2. The molecular formula is C17H12INO2S2. The van der Waals surface area contributed by atoms with Crippen molar-refractivity contribution in [3.8, 4) is 5.75 Å². The molecule has 0 aliphatic carbocycles. The zero-order valence-electron chi connectivity index (χ0n) is 12.2. The van der Waals surface area contributed by atoms with Crippen LogP contribution in [0.3, 0.4) is 0 Å². The van der Waals surface area contributed by atoms with E-state index < -0.39 is 0 Å². The second-order valence-corrected chi connectivity index (χ2v) is 7.69. The molecule has 1 aliphatic rings. The molecule has 0 radical (unpaired) electrons. The lowest BCUT2D eigenvalue weighted by molar-refractivity contribution is -0.113. The highest BCUT2D eigenvalue weighted by molar-refractivity contribution is 14.1. The molecule has 1 aliphatic heterocycles. The van der Waals surface area contributed by atoms with Gasteiger partial charge in [0.1, 0.15) is 5.75 Å². The number of rotatable bonds is 3. The second-order valence-electron chi connectivity index (χ2n) is 4.77. The molecule has 0 aromatic heterocycles. The molecule has 0 saturated carbocycles. The molecule has 1 saturated heterocycles. The molecule has 3 rings (SSSR count). The van der Waals surface area contributed by atoms with Crippen molar-refractivity contribution < 1.29 is 9.53 Å². The van der Waals surface area contributed by atoms with Crippen LogP contribution >= 0.6 is 46.6 Å². The number of carbonyl (C=O) groups excluding carboxylic acids is 1. The summed E-state index contributed by atoms with van der Waals surface area (Å²) >= 11 is 8.92. The number of methoxy groups -OCH3 is 1.